The molecule has 0 radical (unpaired) electrons. The Bertz CT molecular complexity index is 606. The van der Waals surface area contributed by atoms with Crippen molar-refractivity contribution >= 4 is 11.9 Å². The third-order valence-corrected chi connectivity index (χ3v) is 2.26. The summed E-state index contributed by atoms with van der Waals surface area (Å²) in [5.41, 5.74) is 1.18. The Morgan fingerprint density at radius 3 is 2.68 bits per heavy atom. The van der Waals surface area contributed by atoms with Crippen LogP contribution in [0.15, 0.2) is 24.3 Å². The van der Waals surface area contributed by atoms with Crippen molar-refractivity contribution in [2.24, 2.45) is 0 Å². The number of amides is 1. The molecule has 1 amide bonds. The summed E-state index contributed by atoms with van der Waals surface area (Å²) in [6.45, 7) is 1.80. The molecule has 0 saturated heterocycles. The van der Waals surface area contributed by atoms with Crippen LogP contribution in [0.2, 0.25) is 0 Å². The van der Waals surface area contributed by atoms with Crippen LogP contribution in [0.5, 0.6) is 0 Å². The molecule has 19 heavy (non-hydrogen) atoms. The highest BCUT2D eigenvalue weighted by atomic mass is 19.4. The molecule has 0 unspecified atom stereocenters. The Labute approximate surface area is 105 Å². The summed E-state index contributed by atoms with van der Waals surface area (Å²) >= 11 is 0. The van der Waals surface area contributed by atoms with Crippen LogP contribution in [-0.2, 0) is 6.18 Å². The van der Waals surface area contributed by atoms with Crippen LogP contribution in [0.4, 0.5) is 19.1 Å². The van der Waals surface area contributed by atoms with Gasteiger partial charge in [0.1, 0.15) is 0 Å². The number of aromatic amines is 1. The van der Waals surface area contributed by atoms with E-state index in [0.29, 0.717) is 5.56 Å². The van der Waals surface area contributed by atoms with Gasteiger partial charge in [-0.15, -0.1) is 5.10 Å². The third kappa shape index (κ3) is 3.09. The number of nitrogens with one attached hydrogen (secondary N) is 2. The van der Waals surface area contributed by atoms with Gasteiger partial charge in [-0.3, -0.25) is 15.2 Å². The first kappa shape index (κ1) is 13.1. The molecule has 0 atom stereocenters. The van der Waals surface area contributed by atoms with Crippen LogP contribution >= 0.6 is 0 Å². The van der Waals surface area contributed by atoms with Crippen molar-refractivity contribution < 1.29 is 18.0 Å². The quantitative estimate of drug-likeness (QED) is 0.880. The van der Waals surface area contributed by atoms with Gasteiger partial charge in [-0.25, -0.2) is 0 Å². The van der Waals surface area contributed by atoms with Crippen LogP contribution < -0.4 is 5.32 Å². The van der Waals surface area contributed by atoms with Gasteiger partial charge in [-0.2, -0.15) is 18.2 Å². The van der Waals surface area contributed by atoms with Crippen LogP contribution in [0.25, 0.3) is 0 Å². The first-order chi connectivity index (χ1) is 8.86. The fourth-order valence-corrected chi connectivity index (χ4v) is 1.40. The van der Waals surface area contributed by atoms with E-state index in [2.05, 4.69) is 15.4 Å². The van der Waals surface area contributed by atoms with E-state index in [0.717, 1.165) is 5.56 Å². The van der Waals surface area contributed by atoms with E-state index >= 15 is 0 Å². The molecular weight excluding hydrogens is 261 g/mol. The molecule has 1 aromatic carbocycles. The summed E-state index contributed by atoms with van der Waals surface area (Å²) in [5.74, 6) is -2.25. The van der Waals surface area contributed by atoms with Crippen LogP contribution in [0.3, 0.4) is 0 Å². The number of benzene rings is 1. The fraction of sp³-hybridized carbons (Fsp3) is 0.182. The third-order valence-electron chi connectivity index (χ3n) is 2.26. The van der Waals surface area contributed by atoms with Crippen LogP contribution in [-0.4, -0.2) is 21.1 Å². The van der Waals surface area contributed by atoms with Crippen molar-refractivity contribution in [3.05, 3.63) is 41.2 Å². The zero-order valence-electron chi connectivity index (χ0n) is 9.75. The van der Waals surface area contributed by atoms with Gasteiger partial charge in [0.25, 0.3) is 5.91 Å². The Morgan fingerprint density at radius 2 is 2.11 bits per heavy atom. The van der Waals surface area contributed by atoms with Crippen LogP contribution in [0.1, 0.15) is 21.7 Å². The van der Waals surface area contributed by atoms with Gasteiger partial charge in [-0.05, 0) is 19.1 Å². The molecule has 0 saturated carbocycles. The highest BCUT2D eigenvalue weighted by Gasteiger charge is 2.35. The molecule has 0 spiro atoms. The van der Waals surface area contributed by atoms with E-state index in [1.165, 1.54) is 0 Å². The summed E-state index contributed by atoms with van der Waals surface area (Å²) in [4.78, 5) is 14.9. The molecule has 0 aliphatic carbocycles. The predicted molar refractivity (Wildman–Crippen MR) is 60.5 cm³/mol. The lowest BCUT2D eigenvalue weighted by molar-refractivity contribution is -0.144. The smallest absolute Gasteiger partial charge is 0.289 e. The summed E-state index contributed by atoms with van der Waals surface area (Å²) in [7, 11) is 0. The van der Waals surface area contributed by atoms with Crippen LogP contribution in [0, 0.1) is 6.92 Å². The summed E-state index contributed by atoms with van der Waals surface area (Å²) < 4.78 is 36.8. The molecule has 0 fully saturated rings. The Kier molecular flexibility index (Phi) is 3.24. The van der Waals surface area contributed by atoms with Gasteiger partial charge in [0.2, 0.25) is 11.8 Å². The molecule has 1 aromatic heterocycles. The number of rotatable bonds is 2. The second-order valence-electron chi connectivity index (χ2n) is 3.83. The second kappa shape index (κ2) is 4.71. The van der Waals surface area contributed by atoms with Gasteiger partial charge < -0.3 is 0 Å². The largest absolute Gasteiger partial charge is 0.451 e. The minimum Gasteiger partial charge on any atom is -0.289 e. The van der Waals surface area contributed by atoms with Crippen molar-refractivity contribution in [1.82, 2.24) is 15.2 Å². The summed E-state index contributed by atoms with van der Waals surface area (Å²) in [6.07, 6.45) is -4.63. The highest BCUT2D eigenvalue weighted by molar-refractivity contribution is 6.03. The first-order valence-corrected chi connectivity index (χ1v) is 5.24. The minimum absolute atomic E-state index is 0.318. The lowest BCUT2D eigenvalue weighted by atomic mass is 10.1. The Hall–Kier alpha value is -2.38. The van der Waals surface area contributed by atoms with E-state index in [1.807, 2.05) is 0 Å². The van der Waals surface area contributed by atoms with Crippen molar-refractivity contribution in [3.8, 4) is 0 Å². The Balaban J connectivity index is 2.13. The number of carbonyl (C=O) groups is 1. The number of anilines is 1. The molecule has 2 N–H and O–H groups in total. The maximum Gasteiger partial charge on any atom is 0.451 e. The maximum atomic E-state index is 12.3. The van der Waals surface area contributed by atoms with Crippen molar-refractivity contribution in [1.29, 1.82) is 0 Å². The molecule has 0 aliphatic rings. The number of halogens is 3. The molecule has 2 aromatic rings. The molecule has 0 aliphatic heterocycles. The topological polar surface area (TPSA) is 70.7 Å². The summed E-state index contributed by atoms with van der Waals surface area (Å²) in [5, 5.41) is 7.18. The molecule has 100 valence electrons. The number of alkyl halides is 3. The van der Waals surface area contributed by atoms with E-state index in [4.69, 9.17) is 0 Å². The SMILES string of the molecule is Cc1cccc(C(=O)Nc2n[nH]c(C(F)(F)F)n2)c1. The fourth-order valence-electron chi connectivity index (χ4n) is 1.40. The zero-order chi connectivity index (χ0) is 14.0. The molecule has 0 bridgehead atoms. The number of hydrogen-bond donors (Lipinski definition) is 2. The van der Waals surface area contributed by atoms with E-state index < -0.39 is 23.9 Å². The zero-order valence-corrected chi connectivity index (χ0v) is 9.75. The molecular formula is C11H9F3N4O. The van der Waals surface area contributed by atoms with E-state index in [-0.39, 0.29) is 0 Å². The number of aromatic nitrogens is 3. The number of hydrogen-bond acceptors (Lipinski definition) is 3. The lowest BCUT2D eigenvalue weighted by Gasteiger charge is -2.02. The number of carbonyl (C=O) groups excluding carboxylic acids is 1. The molecule has 1 heterocycles. The average molecular weight is 270 g/mol. The van der Waals surface area contributed by atoms with Gasteiger partial charge in [-0.1, -0.05) is 17.7 Å². The highest BCUT2D eigenvalue weighted by Crippen LogP contribution is 2.26. The van der Waals surface area contributed by atoms with E-state index in [9.17, 15) is 18.0 Å². The van der Waals surface area contributed by atoms with Crippen molar-refractivity contribution in [2.45, 2.75) is 13.1 Å². The second-order valence-corrected chi connectivity index (χ2v) is 3.83. The monoisotopic (exact) mass is 270 g/mol. The van der Waals surface area contributed by atoms with Gasteiger partial charge in [0, 0.05) is 5.56 Å². The number of nitrogens with zero attached hydrogens (tertiary/aromatic N) is 2. The van der Waals surface area contributed by atoms with Crippen molar-refractivity contribution in [3.63, 3.8) is 0 Å². The normalized spacial score (nSPS) is 11.4. The van der Waals surface area contributed by atoms with Gasteiger partial charge in [0.15, 0.2) is 0 Å². The minimum atomic E-state index is -4.63. The summed E-state index contributed by atoms with van der Waals surface area (Å²) in [6, 6.07) is 6.61. The number of H-pyrrole nitrogens is 1. The standard InChI is InChI=1S/C11H9F3N4O/c1-6-3-2-4-7(5-6)8(19)15-10-16-9(17-18-10)11(12,13)14/h2-5H,1H3,(H2,15,16,17,18,19). The maximum absolute atomic E-state index is 12.3. The Morgan fingerprint density at radius 1 is 1.37 bits per heavy atom. The molecule has 8 heteroatoms. The number of aryl methyl sites for hydroxylation is 1. The lowest BCUT2D eigenvalue weighted by Crippen LogP contribution is -2.13. The first-order valence-electron chi connectivity index (χ1n) is 5.24. The average Bonchev–Trinajstić information content (AvgIpc) is 2.77. The molecule has 5 nitrogen and oxygen atoms in total. The van der Waals surface area contributed by atoms with Gasteiger partial charge in [0.05, 0.1) is 0 Å². The van der Waals surface area contributed by atoms with Crippen molar-refractivity contribution in [2.75, 3.05) is 5.32 Å². The van der Waals surface area contributed by atoms with Gasteiger partial charge >= 0.3 is 6.18 Å². The molecule has 2 rings (SSSR count). The predicted octanol–water partition coefficient (Wildman–Crippen LogP) is 2.38. The van der Waals surface area contributed by atoms with E-state index in [1.54, 1.807) is 36.3 Å².